The maximum atomic E-state index is 15.0. The third kappa shape index (κ3) is 6.32. The molecule has 2 aliphatic rings. The molecule has 2 aromatic carbocycles. The molecule has 4 aromatic rings. The number of anilines is 2. The molecule has 2 amide bonds. The topological polar surface area (TPSA) is 148 Å². The van der Waals surface area contributed by atoms with Gasteiger partial charge in [0.15, 0.2) is 29.6 Å². The third-order valence-corrected chi connectivity index (χ3v) is 8.74. The number of aromatic nitrogens is 3. The Morgan fingerprint density at radius 2 is 1.96 bits per heavy atom. The lowest BCUT2D eigenvalue weighted by Gasteiger charge is -2.39. The first kappa shape index (κ1) is 31.8. The van der Waals surface area contributed by atoms with Gasteiger partial charge in [0.25, 0.3) is 5.91 Å². The van der Waals surface area contributed by atoms with Crippen molar-refractivity contribution in [3.63, 3.8) is 0 Å². The predicted molar refractivity (Wildman–Crippen MR) is 168 cm³/mol. The number of aliphatic hydroxyl groups is 1. The van der Waals surface area contributed by atoms with Crippen LogP contribution < -0.4 is 15.4 Å². The van der Waals surface area contributed by atoms with Crippen LogP contribution in [0.15, 0.2) is 48.9 Å². The van der Waals surface area contributed by atoms with E-state index in [0.29, 0.717) is 68.3 Å². The second kappa shape index (κ2) is 13.7. The Balaban J connectivity index is 1.13. The summed E-state index contributed by atoms with van der Waals surface area (Å²) in [5, 5.41) is 24.8. The number of fused-ring (bicyclic) bond motifs is 1. The quantitative estimate of drug-likeness (QED) is 0.263. The van der Waals surface area contributed by atoms with Crippen LogP contribution in [0.1, 0.15) is 28.8 Å². The van der Waals surface area contributed by atoms with Gasteiger partial charge in [-0.05, 0) is 55.7 Å². The number of piperazine rings is 1. The first-order valence-electron chi connectivity index (χ1n) is 15.4. The van der Waals surface area contributed by atoms with Crippen LogP contribution in [-0.2, 0) is 4.79 Å². The molecule has 14 heteroatoms. The highest BCUT2D eigenvalue weighted by Gasteiger charge is 2.34. The molecule has 244 valence electrons. The van der Waals surface area contributed by atoms with E-state index in [4.69, 9.17) is 10.00 Å². The van der Waals surface area contributed by atoms with Crippen molar-refractivity contribution >= 4 is 29.0 Å². The summed E-state index contributed by atoms with van der Waals surface area (Å²) in [4.78, 5) is 39.0. The van der Waals surface area contributed by atoms with E-state index in [1.807, 2.05) is 13.0 Å². The number of aliphatic hydroxyl groups excluding tert-OH is 1. The van der Waals surface area contributed by atoms with E-state index in [-0.39, 0.29) is 47.4 Å². The van der Waals surface area contributed by atoms with Crippen molar-refractivity contribution < 1.29 is 28.2 Å². The zero-order valence-corrected chi connectivity index (χ0v) is 25.7. The van der Waals surface area contributed by atoms with Gasteiger partial charge in [-0.3, -0.25) is 14.0 Å². The summed E-state index contributed by atoms with van der Waals surface area (Å²) in [6, 6.07) is 9.46. The van der Waals surface area contributed by atoms with Gasteiger partial charge in [0.05, 0.1) is 24.5 Å². The molecule has 0 spiro atoms. The number of carbonyl (C=O) groups is 2. The number of halogens is 2. The van der Waals surface area contributed by atoms with Crippen LogP contribution in [0.25, 0.3) is 16.9 Å². The van der Waals surface area contributed by atoms with Gasteiger partial charge in [-0.15, -0.1) is 0 Å². The molecule has 0 unspecified atom stereocenters. The monoisotopic (exact) mass is 644 g/mol. The van der Waals surface area contributed by atoms with Crippen molar-refractivity contribution in [2.45, 2.75) is 25.8 Å². The van der Waals surface area contributed by atoms with Crippen molar-refractivity contribution in [3.8, 4) is 23.1 Å². The number of ether oxygens (including phenoxy) is 1. The number of carbonyl (C=O) groups excluding carboxylic acids is 2. The molecule has 3 N–H and O–H groups in total. The van der Waals surface area contributed by atoms with Crippen LogP contribution in [0.4, 0.5) is 20.3 Å². The number of hydrogen-bond donors (Lipinski definition) is 3. The smallest absolute Gasteiger partial charge is 0.254 e. The Hall–Kier alpha value is -5.13. The number of piperidine rings is 1. The number of likely N-dealkylation sites (tertiary alicyclic amines) is 1. The summed E-state index contributed by atoms with van der Waals surface area (Å²) in [7, 11) is 0. The Bertz CT molecular complexity index is 1850. The minimum Gasteiger partial charge on any atom is -0.476 e. The summed E-state index contributed by atoms with van der Waals surface area (Å²) >= 11 is 0. The maximum absolute atomic E-state index is 15.0. The van der Waals surface area contributed by atoms with Crippen molar-refractivity contribution in [1.29, 1.82) is 5.26 Å². The molecule has 1 atom stereocenters. The highest BCUT2D eigenvalue weighted by atomic mass is 19.2. The Morgan fingerprint density at radius 1 is 1.15 bits per heavy atom. The molecule has 2 aromatic heterocycles. The van der Waals surface area contributed by atoms with Crippen LogP contribution in [-0.4, -0.2) is 93.1 Å². The lowest BCUT2D eigenvalue weighted by atomic mass is 9.93. The van der Waals surface area contributed by atoms with Gasteiger partial charge in [0, 0.05) is 67.8 Å². The molecule has 6 rings (SSSR count). The highest BCUT2D eigenvalue weighted by molar-refractivity contribution is 5.96. The van der Waals surface area contributed by atoms with E-state index in [0.717, 1.165) is 5.56 Å². The number of aryl methyl sites for hydroxylation is 1. The minimum atomic E-state index is -1.20. The molecule has 2 aliphatic heterocycles. The predicted octanol–water partition coefficient (Wildman–Crippen LogP) is 3.27. The molecular formula is C33H34F2N8O4. The molecule has 4 heterocycles. The number of nitrogens with one attached hydrogen (secondary N) is 2. The third-order valence-electron chi connectivity index (χ3n) is 8.74. The molecule has 0 saturated carbocycles. The molecule has 0 radical (unpaired) electrons. The number of nitrogens with zero attached hydrogens (tertiary/aromatic N) is 6. The fourth-order valence-electron chi connectivity index (χ4n) is 6.22. The second-order valence-corrected chi connectivity index (χ2v) is 11.6. The second-order valence-electron chi connectivity index (χ2n) is 11.6. The summed E-state index contributed by atoms with van der Waals surface area (Å²) < 4.78 is 36.2. The molecule has 0 aliphatic carbocycles. The fourth-order valence-corrected chi connectivity index (χ4v) is 6.22. The number of rotatable bonds is 8. The Kier molecular flexibility index (Phi) is 9.28. The van der Waals surface area contributed by atoms with Gasteiger partial charge < -0.3 is 30.3 Å². The van der Waals surface area contributed by atoms with Crippen LogP contribution in [0.2, 0.25) is 0 Å². The Labute approximate surface area is 269 Å². The summed E-state index contributed by atoms with van der Waals surface area (Å²) in [6.07, 6.45) is 5.64. The summed E-state index contributed by atoms with van der Waals surface area (Å²) in [5.74, 6) is -2.54. The van der Waals surface area contributed by atoms with Crippen molar-refractivity contribution in [2.75, 3.05) is 51.3 Å². The lowest BCUT2D eigenvalue weighted by Crippen LogP contribution is -2.57. The maximum Gasteiger partial charge on any atom is 0.254 e. The largest absolute Gasteiger partial charge is 0.476 e. The zero-order chi connectivity index (χ0) is 33.1. The molecular weight excluding hydrogens is 610 g/mol. The van der Waals surface area contributed by atoms with E-state index in [2.05, 4.69) is 20.6 Å². The van der Waals surface area contributed by atoms with E-state index in [1.54, 1.807) is 38.6 Å². The van der Waals surface area contributed by atoms with Gasteiger partial charge in [0.2, 0.25) is 11.7 Å². The summed E-state index contributed by atoms with van der Waals surface area (Å²) in [5.41, 5.74) is 2.57. The van der Waals surface area contributed by atoms with Crippen LogP contribution in [0.3, 0.4) is 0 Å². The van der Waals surface area contributed by atoms with E-state index in [1.165, 1.54) is 24.5 Å². The standard InChI is InChI=1S/C33H34F2N8O4/c1-20-16-22(2-3-24(20)33(46)41-11-6-21(7-12-41)32(45)42-13-9-37-17-23(42)19-44)40-30-31-39-18-26(43(31)14-10-38-30)25-4-5-27(47-15-8-36)29(35)28(25)34/h2-5,10,14,16,18,21,23,37,44H,6-7,9,11-13,15,17,19H2,1H3,(H,38,40)/t23-/m0/s1. The molecule has 0 bridgehead atoms. The average Bonchev–Trinajstić information content (AvgIpc) is 3.53. The van der Waals surface area contributed by atoms with Crippen molar-refractivity contribution in [1.82, 2.24) is 29.5 Å². The molecule has 2 fully saturated rings. The number of nitriles is 1. The fraction of sp³-hybridized carbons (Fsp3) is 0.364. The number of imidazole rings is 1. The van der Waals surface area contributed by atoms with Gasteiger partial charge in [-0.25, -0.2) is 14.4 Å². The van der Waals surface area contributed by atoms with Gasteiger partial charge in [0.1, 0.15) is 6.07 Å². The van der Waals surface area contributed by atoms with E-state index < -0.39 is 18.2 Å². The first-order valence-corrected chi connectivity index (χ1v) is 15.4. The lowest BCUT2D eigenvalue weighted by molar-refractivity contribution is -0.141. The van der Waals surface area contributed by atoms with Crippen LogP contribution >= 0.6 is 0 Å². The highest BCUT2D eigenvalue weighted by Crippen LogP contribution is 2.32. The van der Waals surface area contributed by atoms with Gasteiger partial charge in [-0.2, -0.15) is 9.65 Å². The van der Waals surface area contributed by atoms with Gasteiger partial charge in [-0.1, -0.05) is 0 Å². The summed E-state index contributed by atoms with van der Waals surface area (Å²) in [6.45, 7) is 4.15. The van der Waals surface area contributed by atoms with E-state index >= 15 is 4.39 Å². The van der Waals surface area contributed by atoms with Crippen molar-refractivity contribution in [2.24, 2.45) is 5.92 Å². The molecule has 12 nitrogen and oxygen atoms in total. The van der Waals surface area contributed by atoms with Crippen LogP contribution in [0.5, 0.6) is 5.75 Å². The molecule has 2 saturated heterocycles. The van der Waals surface area contributed by atoms with Crippen molar-refractivity contribution in [3.05, 3.63) is 71.7 Å². The van der Waals surface area contributed by atoms with Crippen LogP contribution in [0, 0.1) is 35.8 Å². The van der Waals surface area contributed by atoms with Gasteiger partial charge >= 0.3 is 0 Å². The minimum absolute atomic E-state index is 0.0401. The molecule has 47 heavy (non-hydrogen) atoms. The SMILES string of the molecule is Cc1cc(Nc2nccn3c(-c4ccc(OCC#N)c(F)c4F)cnc23)ccc1C(=O)N1CCC(C(=O)N2CCNC[C@H]2CO)CC1. The number of benzene rings is 2. The van der Waals surface area contributed by atoms with E-state index in [9.17, 15) is 19.1 Å². The Morgan fingerprint density at radius 3 is 2.70 bits per heavy atom. The normalized spacial score (nSPS) is 17.0. The first-order chi connectivity index (χ1) is 22.8. The number of hydrogen-bond acceptors (Lipinski definition) is 9. The zero-order valence-electron chi connectivity index (χ0n) is 25.7. The average molecular weight is 645 g/mol. The number of amides is 2.